The molecule has 4 nitrogen and oxygen atoms in total. The number of hydrogen-bond donors (Lipinski definition) is 3. The summed E-state index contributed by atoms with van der Waals surface area (Å²) in [6.45, 7) is 1.45. The van der Waals surface area contributed by atoms with Crippen molar-refractivity contribution in [3.05, 3.63) is 0 Å². The van der Waals surface area contributed by atoms with Gasteiger partial charge >= 0.3 is 0 Å². The molecule has 0 saturated heterocycles. The molecule has 15 heavy (non-hydrogen) atoms. The number of rotatable bonds is 1. The number of carbonyl (C=O) groups excluding carboxylic acids is 1. The topological polar surface area (TPSA) is 53.2 Å². The number of fused-ring (bicyclic) bond motifs is 2. The first-order valence-electron chi connectivity index (χ1n) is 5.48. The van der Waals surface area contributed by atoms with Gasteiger partial charge < -0.3 is 5.32 Å². The number of amides is 1. The molecule has 2 aliphatic rings. The Morgan fingerprint density at radius 2 is 2.07 bits per heavy atom. The molecule has 0 spiro atoms. The maximum atomic E-state index is 10.7. The second-order valence-corrected chi connectivity index (χ2v) is 4.97. The second-order valence-electron chi connectivity index (χ2n) is 4.56. The molecule has 2 bridgehead atoms. The van der Waals surface area contributed by atoms with Crippen LogP contribution in [0, 0.1) is 11.8 Å². The Bertz CT molecular complexity index is 282. The molecule has 3 atom stereocenters. The lowest BCUT2D eigenvalue weighted by atomic mass is 9.96. The molecule has 2 saturated carbocycles. The first kappa shape index (κ1) is 10.7. The molecule has 84 valence electrons. The molecule has 0 aromatic carbocycles. The fourth-order valence-electron chi connectivity index (χ4n) is 2.77. The van der Waals surface area contributed by atoms with Gasteiger partial charge in [0.1, 0.15) is 0 Å². The highest BCUT2D eigenvalue weighted by Crippen LogP contribution is 2.44. The molecule has 2 rings (SSSR count). The third-order valence-electron chi connectivity index (χ3n) is 3.41. The van der Waals surface area contributed by atoms with Gasteiger partial charge in [0.2, 0.25) is 5.91 Å². The van der Waals surface area contributed by atoms with E-state index in [1.165, 1.54) is 32.6 Å². The zero-order valence-corrected chi connectivity index (χ0v) is 9.69. The lowest BCUT2D eigenvalue weighted by Gasteiger charge is -2.24. The van der Waals surface area contributed by atoms with Gasteiger partial charge in [0.05, 0.1) is 0 Å². The number of carbonyl (C=O) groups is 1. The van der Waals surface area contributed by atoms with Gasteiger partial charge in [0.15, 0.2) is 5.11 Å². The minimum Gasteiger partial charge on any atom is -0.358 e. The lowest BCUT2D eigenvalue weighted by Crippen LogP contribution is -2.50. The van der Waals surface area contributed by atoms with Crippen molar-refractivity contribution in [3.63, 3.8) is 0 Å². The summed E-state index contributed by atoms with van der Waals surface area (Å²) in [6.07, 6.45) is 5.28. The van der Waals surface area contributed by atoms with Crippen molar-refractivity contribution >= 4 is 23.2 Å². The van der Waals surface area contributed by atoms with E-state index in [0.717, 1.165) is 11.8 Å². The summed E-state index contributed by atoms with van der Waals surface area (Å²) in [6, 6.07) is 0.512. The SMILES string of the molecule is CC(=O)NNC(=S)N[C@H]1C[C@@H]2CC[C@@H]1C2. The van der Waals surface area contributed by atoms with Gasteiger partial charge in [0, 0.05) is 13.0 Å². The maximum Gasteiger partial charge on any atom is 0.235 e. The van der Waals surface area contributed by atoms with Gasteiger partial charge in [-0.2, -0.15) is 0 Å². The van der Waals surface area contributed by atoms with Crippen LogP contribution in [0.5, 0.6) is 0 Å². The smallest absolute Gasteiger partial charge is 0.235 e. The molecule has 0 aromatic heterocycles. The van der Waals surface area contributed by atoms with Crippen molar-refractivity contribution in [1.29, 1.82) is 0 Å². The zero-order valence-electron chi connectivity index (χ0n) is 8.88. The van der Waals surface area contributed by atoms with Crippen LogP contribution >= 0.6 is 12.2 Å². The average Bonchev–Trinajstić information content (AvgIpc) is 2.76. The second kappa shape index (κ2) is 4.35. The monoisotopic (exact) mass is 227 g/mol. The van der Waals surface area contributed by atoms with Crippen molar-refractivity contribution in [3.8, 4) is 0 Å². The van der Waals surface area contributed by atoms with E-state index in [2.05, 4.69) is 16.2 Å². The average molecular weight is 227 g/mol. The summed E-state index contributed by atoms with van der Waals surface area (Å²) in [4.78, 5) is 10.7. The largest absolute Gasteiger partial charge is 0.358 e. The summed E-state index contributed by atoms with van der Waals surface area (Å²) in [7, 11) is 0. The van der Waals surface area contributed by atoms with E-state index in [-0.39, 0.29) is 5.91 Å². The number of nitrogens with one attached hydrogen (secondary N) is 3. The van der Waals surface area contributed by atoms with Gasteiger partial charge in [-0.05, 0) is 43.3 Å². The van der Waals surface area contributed by atoms with Gasteiger partial charge in [-0.15, -0.1) is 0 Å². The molecule has 2 fully saturated rings. The quantitative estimate of drug-likeness (QED) is 0.456. The molecule has 3 N–H and O–H groups in total. The van der Waals surface area contributed by atoms with Gasteiger partial charge in [-0.1, -0.05) is 6.42 Å². The Labute approximate surface area is 95.2 Å². The van der Waals surface area contributed by atoms with Crippen molar-refractivity contribution in [2.75, 3.05) is 0 Å². The van der Waals surface area contributed by atoms with Crippen LogP contribution in [0.25, 0.3) is 0 Å². The summed E-state index contributed by atoms with van der Waals surface area (Å²) in [5.74, 6) is 1.55. The minimum absolute atomic E-state index is 0.132. The number of hydrazine groups is 1. The van der Waals surface area contributed by atoms with Crippen molar-refractivity contribution in [1.82, 2.24) is 16.2 Å². The van der Waals surface area contributed by atoms with Crippen LogP contribution in [0.15, 0.2) is 0 Å². The summed E-state index contributed by atoms with van der Waals surface area (Å²) in [5.41, 5.74) is 5.16. The van der Waals surface area contributed by atoms with E-state index in [9.17, 15) is 4.79 Å². The van der Waals surface area contributed by atoms with E-state index in [1.54, 1.807) is 0 Å². The summed E-state index contributed by atoms with van der Waals surface area (Å²) < 4.78 is 0. The fourth-order valence-corrected chi connectivity index (χ4v) is 2.97. The van der Waals surface area contributed by atoms with Gasteiger partial charge in [-0.25, -0.2) is 0 Å². The Balaban J connectivity index is 1.73. The number of thiocarbonyl (C=S) groups is 1. The van der Waals surface area contributed by atoms with Crippen LogP contribution in [0.1, 0.15) is 32.6 Å². The van der Waals surface area contributed by atoms with E-state index in [1.807, 2.05) is 0 Å². The Morgan fingerprint density at radius 3 is 2.60 bits per heavy atom. The molecule has 0 aromatic rings. The Hall–Kier alpha value is -0.840. The maximum absolute atomic E-state index is 10.7. The third-order valence-corrected chi connectivity index (χ3v) is 3.63. The molecule has 0 radical (unpaired) electrons. The zero-order chi connectivity index (χ0) is 10.8. The van der Waals surface area contributed by atoms with Gasteiger partial charge in [0.25, 0.3) is 0 Å². The highest BCUT2D eigenvalue weighted by molar-refractivity contribution is 7.80. The Morgan fingerprint density at radius 1 is 1.27 bits per heavy atom. The van der Waals surface area contributed by atoms with E-state index in [4.69, 9.17) is 12.2 Å². The molecular weight excluding hydrogens is 210 g/mol. The van der Waals surface area contributed by atoms with Crippen LogP contribution in [-0.2, 0) is 4.79 Å². The lowest BCUT2D eigenvalue weighted by molar-refractivity contribution is -0.119. The molecule has 1 amide bonds. The normalized spacial score (nSPS) is 32.5. The van der Waals surface area contributed by atoms with Gasteiger partial charge in [-0.3, -0.25) is 15.6 Å². The van der Waals surface area contributed by atoms with Crippen molar-refractivity contribution in [2.24, 2.45) is 11.8 Å². The third kappa shape index (κ3) is 2.59. The van der Waals surface area contributed by atoms with E-state index < -0.39 is 0 Å². The molecule has 2 aliphatic carbocycles. The standard InChI is InChI=1S/C10H17N3OS/c1-6(14)12-13-10(15)11-9-5-7-2-3-8(9)4-7/h7-9H,2-5H2,1H3,(H,12,14)(H2,11,13,15)/t7-,8-,9+/m1/s1. The summed E-state index contributed by atoms with van der Waals surface area (Å²) >= 11 is 5.09. The molecule has 0 aliphatic heterocycles. The highest BCUT2D eigenvalue weighted by Gasteiger charge is 2.39. The Kier molecular flexibility index (Phi) is 3.09. The predicted molar refractivity (Wildman–Crippen MR) is 61.9 cm³/mol. The molecule has 0 unspecified atom stereocenters. The molecule has 5 heteroatoms. The molecular formula is C10H17N3OS. The highest BCUT2D eigenvalue weighted by atomic mass is 32.1. The predicted octanol–water partition coefficient (Wildman–Crippen LogP) is 0.690. The van der Waals surface area contributed by atoms with Crippen LogP contribution in [0.2, 0.25) is 0 Å². The van der Waals surface area contributed by atoms with E-state index >= 15 is 0 Å². The first-order chi connectivity index (χ1) is 7.15. The minimum atomic E-state index is -0.132. The van der Waals surface area contributed by atoms with Crippen LogP contribution in [0.3, 0.4) is 0 Å². The van der Waals surface area contributed by atoms with Crippen LogP contribution in [0.4, 0.5) is 0 Å². The first-order valence-corrected chi connectivity index (χ1v) is 5.89. The number of hydrogen-bond acceptors (Lipinski definition) is 2. The van der Waals surface area contributed by atoms with Crippen LogP contribution in [-0.4, -0.2) is 17.1 Å². The van der Waals surface area contributed by atoms with E-state index in [0.29, 0.717) is 11.2 Å². The fraction of sp³-hybridized carbons (Fsp3) is 0.800. The summed E-state index contributed by atoms with van der Waals surface area (Å²) in [5, 5.41) is 3.80. The van der Waals surface area contributed by atoms with Crippen molar-refractivity contribution in [2.45, 2.75) is 38.6 Å². The van der Waals surface area contributed by atoms with Crippen LogP contribution < -0.4 is 16.2 Å². The van der Waals surface area contributed by atoms with Crippen molar-refractivity contribution < 1.29 is 4.79 Å². The molecule has 0 heterocycles.